The monoisotopic (exact) mass is 394 g/mol. The van der Waals surface area contributed by atoms with Crippen LogP contribution >= 0.6 is 0 Å². The van der Waals surface area contributed by atoms with Gasteiger partial charge in [0.1, 0.15) is 0 Å². The van der Waals surface area contributed by atoms with Gasteiger partial charge in [0.15, 0.2) is 0 Å². The Hall–Kier alpha value is -3.35. The van der Waals surface area contributed by atoms with Crippen LogP contribution in [0.4, 0.5) is 5.69 Å². The molecule has 0 fully saturated rings. The fraction of sp³-hybridized carbons (Fsp3) is 0.318. The summed E-state index contributed by atoms with van der Waals surface area (Å²) in [6.45, 7) is 5.43. The van der Waals surface area contributed by atoms with Crippen LogP contribution in [0.2, 0.25) is 0 Å². The average molecular weight is 394 g/mol. The Labute approximate surface area is 169 Å². The first kappa shape index (κ1) is 20.4. The Morgan fingerprint density at radius 1 is 0.931 bits per heavy atom. The van der Waals surface area contributed by atoms with Gasteiger partial charge in [0.2, 0.25) is 5.91 Å². The molecule has 0 spiro atoms. The lowest BCUT2D eigenvalue weighted by Crippen LogP contribution is -2.25. The van der Waals surface area contributed by atoms with Crippen molar-refractivity contribution in [3.63, 3.8) is 0 Å². The number of anilines is 1. The molecule has 152 valence electrons. The van der Waals surface area contributed by atoms with Gasteiger partial charge in [0, 0.05) is 37.3 Å². The van der Waals surface area contributed by atoms with E-state index in [1.54, 1.807) is 33.4 Å². The molecule has 1 heterocycles. The number of amides is 2. The van der Waals surface area contributed by atoms with Gasteiger partial charge in [0.05, 0.1) is 11.0 Å². The highest BCUT2D eigenvalue weighted by atomic mass is 16.2. The molecular formula is C22H26N4O3. The Morgan fingerprint density at radius 3 is 2.21 bits per heavy atom. The molecule has 0 aliphatic rings. The summed E-state index contributed by atoms with van der Waals surface area (Å²) in [7, 11) is 0. The second-order valence-electron chi connectivity index (χ2n) is 6.80. The number of imidazole rings is 1. The van der Waals surface area contributed by atoms with Crippen molar-refractivity contribution in [3.8, 4) is 0 Å². The molecule has 2 amide bonds. The molecule has 29 heavy (non-hydrogen) atoms. The predicted molar refractivity (Wildman–Crippen MR) is 114 cm³/mol. The first-order valence-electron chi connectivity index (χ1n) is 9.91. The fourth-order valence-electron chi connectivity index (χ4n) is 3.28. The average Bonchev–Trinajstić information content (AvgIpc) is 3.01. The maximum atomic E-state index is 12.6. The van der Waals surface area contributed by atoms with Gasteiger partial charge in [-0.3, -0.25) is 18.7 Å². The zero-order chi connectivity index (χ0) is 20.8. The lowest BCUT2D eigenvalue weighted by Gasteiger charge is -2.08. The van der Waals surface area contributed by atoms with Crippen molar-refractivity contribution in [1.29, 1.82) is 0 Å². The third-order valence-corrected chi connectivity index (χ3v) is 4.77. The van der Waals surface area contributed by atoms with Gasteiger partial charge in [-0.1, -0.05) is 19.1 Å². The molecule has 2 N–H and O–H groups in total. The number of aryl methyl sites for hydroxylation is 2. The number of carbonyl (C=O) groups excluding carboxylic acids is 2. The standard InChI is InChI=1S/C22H26N4O3/c1-3-14-23-21(28)16-9-11-17(12-10-16)24-20(27)13-15-26-19-8-6-5-7-18(19)25(4-2)22(26)29/h5-12H,3-4,13-15H2,1-2H3,(H,23,28)(H,24,27). The van der Waals surface area contributed by atoms with Crippen LogP contribution < -0.4 is 16.3 Å². The highest BCUT2D eigenvalue weighted by Gasteiger charge is 2.13. The Balaban J connectivity index is 1.64. The molecule has 0 aliphatic carbocycles. The summed E-state index contributed by atoms with van der Waals surface area (Å²) in [6.07, 6.45) is 1.05. The van der Waals surface area contributed by atoms with Crippen LogP contribution in [0.5, 0.6) is 0 Å². The minimum atomic E-state index is -0.187. The topological polar surface area (TPSA) is 85.1 Å². The van der Waals surface area contributed by atoms with E-state index >= 15 is 0 Å². The molecule has 0 saturated heterocycles. The molecule has 1 aromatic heterocycles. The third kappa shape index (κ3) is 4.56. The van der Waals surface area contributed by atoms with Crippen LogP contribution in [0.15, 0.2) is 53.3 Å². The molecule has 0 bridgehead atoms. The summed E-state index contributed by atoms with van der Waals surface area (Å²) in [5.74, 6) is -0.315. The molecular weight excluding hydrogens is 368 g/mol. The number of hydrogen-bond donors (Lipinski definition) is 2. The number of para-hydroxylation sites is 2. The molecule has 2 aromatic carbocycles. The van der Waals surface area contributed by atoms with E-state index < -0.39 is 0 Å². The normalized spacial score (nSPS) is 10.8. The number of aromatic nitrogens is 2. The highest BCUT2D eigenvalue weighted by Crippen LogP contribution is 2.14. The van der Waals surface area contributed by atoms with E-state index in [0.717, 1.165) is 17.5 Å². The first-order chi connectivity index (χ1) is 14.0. The van der Waals surface area contributed by atoms with Gasteiger partial charge in [0.25, 0.3) is 5.91 Å². The Morgan fingerprint density at radius 2 is 1.59 bits per heavy atom. The summed E-state index contributed by atoms with van der Waals surface area (Å²) in [5.41, 5.74) is 2.76. The van der Waals surface area contributed by atoms with Gasteiger partial charge in [-0.2, -0.15) is 0 Å². The number of rotatable bonds is 8. The maximum absolute atomic E-state index is 12.6. The SMILES string of the molecule is CCCNC(=O)c1ccc(NC(=O)CCn2c(=O)n(CC)c3ccccc32)cc1. The number of hydrogen-bond acceptors (Lipinski definition) is 3. The second-order valence-corrected chi connectivity index (χ2v) is 6.80. The van der Waals surface area contributed by atoms with Crippen LogP contribution in [0.1, 0.15) is 37.0 Å². The van der Waals surface area contributed by atoms with Crippen molar-refractivity contribution < 1.29 is 9.59 Å². The molecule has 7 nitrogen and oxygen atoms in total. The zero-order valence-corrected chi connectivity index (χ0v) is 16.8. The van der Waals surface area contributed by atoms with E-state index in [0.29, 0.717) is 30.9 Å². The largest absolute Gasteiger partial charge is 0.352 e. The summed E-state index contributed by atoms with van der Waals surface area (Å²) >= 11 is 0. The zero-order valence-electron chi connectivity index (χ0n) is 16.8. The van der Waals surface area contributed by atoms with E-state index in [1.165, 1.54) is 0 Å². The number of fused-ring (bicyclic) bond motifs is 1. The summed E-state index contributed by atoms with van der Waals surface area (Å²) < 4.78 is 3.34. The molecule has 0 saturated carbocycles. The lowest BCUT2D eigenvalue weighted by atomic mass is 10.2. The number of carbonyl (C=O) groups is 2. The molecule has 0 unspecified atom stereocenters. The number of nitrogens with zero attached hydrogens (tertiary/aromatic N) is 2. The minimum absolute atomic E-state index is 0.107. The van der Waals surface area contributed by atoms with Crippen molar-refractivity contribution in [1.82, 2.24) is 14.5 Å². The Kier molecular flexibility index (Phi) is 6.49. The van der Waals surface area contributed by atoms with Crippen molar-refractivity contribution in [2.24, 2.45) is 0 Å². The van der Waals surface area contributed by atoms with Gasteiger partial charge in [-0.25, -0.2) is 4.79 Å². The number of benzene rings is 2. The van der Waals surface area contributed by atoms with Crippen molar-refractivity contribution in [2.45, 2.75) is 39.8 Å². The van der Waals surface area contributed by atoms with Gasteiger partial charge in [-0.05, 0) is 49.7 Å². The maximum Gasteiger partial charge on any atom is 0.329 e. The molecule has 3 rings (SSSR count). The van der Waals surface area contributed by atoms with Crippen LogP contribution in [0.25, 0.3) is 11.0 Å². The van der Waals surface area contributed by atoms with E-state index in [1.807, 2.05) is 38.1 Å². The second kappa shape index (κ2) is 9.23. The van der Waals surface area contributed by atoms with Crippen molar-refractivity contribution >= 4 is 28.5 Å². The quantitative estimate of drug-likeness (QED) is 0.616. The highest BCUT2D eigenvalue weighted by molar-refractivity contribution is 5.95. The van der Waals surface area contributed by atoms with Crippen LogP contribution in [0.3, 0.4) is 0 Å². The number of nitrogens with one attached hydrogen (secondary N) is 2. The van der Waals surface area contributed by atoms with E-state index in [2.05, 4.69) is 10.6 Å². The van der Waals surface area contributed by atoms with E-state index in [9.17, 15) is 14.4 Å². The van der Waals surface area contributed by atoms with Crippen molar-refractivity contribution in [3.05, 3.63) is 64.6 Å². The lowest BCUT2D eigenvalue weighted by molar-refractivity contribution is -0.116. The first-order valence-corrected chi connectivity index (χ1v) is 9.91. The van der Waals surface area contributed by atoms with E-state index in [-0.39, 0.29) is 23.9 Å². The van der Waals surface area contributed by atoms with Crippen molar-refractivity contribution in [2.75, 3.05) is 11.9 Å². The van der Waals surface area contributed by atoms with E-state index in [4.69, 9.17) is 0 Å². The molecule has 0 atom stereocenters. The summed E-state index contributed by atoms with van der Waals surface area (Å²) in [5, 5.41) is 5.63. The fourth-order valence-corrected chi connectivity index (χ4v) is 3.28. The van der Waals surface area contributed by atoms with Gasteiger partial charge < -0.3 is 10.6 Å². The summed E-state index contributed by atoms with van der Waals surface area (Å²) in [4.78, 5) is 36.9. The smallest absolute Gasteiger partial charge is 0.329 e. The molecule has 0 aliphatic heterocycles. The Bertz CT molecular complexity index is 1060. The minimum Gasteiger partial charge on any atom is -0.352 e. The third-order valence-electron chi connectivity index (χ3n) is 4.77. The van der Waals surface area contributed by atoms with Gasteiger partial charge in [-0.15, -0.1) is 0 Å². The predicted octanol–water partition coefficient (Wildman–Crippen LogP) is 2.99. The molecule has 7 heteroatoms. The molecule has 0 radical (unpaired) electrons. The van der Waals surface area contributed by atoms with Gasteiger partial charge >= 0.3 is 5.69 Å². The van der Waals surface area contributed by atoms with Crippen LogP contribution in [-0.4, -0.2) is 27.5 Å². The van der Waals surface area contributed by atoms with Crippen LogP contribution in [0, 0.1) is 0 Å². The molecule has 3 aromatic rings. The summed E-state index contributed by atoms with van der Waals surface area (Å²) in [6, 6.07) is 14.4. The van der Waals surface area contributed by atoms with Crippen LogP contribution in [-0.2, 0) is 17.9 Å².